The maximum Gasteiger partial charge on any atom is 0.114 e. The number of hydrogen-bond acceptors (Lipinski definition) is 2. The van der Waals surface area contributed by atoms with Crippen LogP contribution in [0.4, 0.5) is 0 Å². The van der Waals surface area contributed by atoms with Crippen molar-refractivity contribution < 1.29 is 0 Å². The predicted molar refractivity (Wildman–Crippen MR) is 72.5 cm³/mol. The van der Waals surface area contributed by atoms with Gasteiger partial charge in [-0.05, 0) is 18.6 Å². The summed E-state index contributed by atoms with van der Waals surface area (Å²) in [5.41, 5.74) is 7.74. The Balaban J connectivity index is 2.67. The Morgan fingerprint density at radius 1 is 1.47 bits per heavy atom. The average molecular weight is 252 g/mol. The van der Waals surface area contributed by atoms with E-state index >= 15 is 0 Å². The van der Waals surface area contributed by atoms with Gasteiger partial charge in [-0.15, -0.1) is 0 Å². The summed E-state index contributed by atoms with van der Waals surface area (Å²) in [5, 5.41) is 0.763. The maximum atomic E-state index is 6.27. The third-order valence-corrected chi connectivity index (χ3v) is 3.29. The monoisotopic (exact) mass is 251 g/mol. The lowest BCUT2D eigenvalue weighted by Gasteiger charge is -2.12. The number of imidazole rings is 1. The molecule has 2 N–H and O–H groups in total. The van der Waals surface area contributed by atoms with Gasteiger partial charge in [0.05, 0.1) is 16.1 Å². The largest absolute Gasteiger partial charge is 0.330 e. The van der Waals surface area contributed by atoms with E-state index in [9.17, 15) is 0 Å². The molecule has 1 aromatic heterocycles. The normalized spacial score (nSPS) is 13.2. The van der Waals surface area contributed by atoms with Crippen LogP contribution in [0.2, 0.25) is 5.02 Å². The molecule has 1 aromatic carbocycles. The minimum atomic E-state index is 0.255. The first kappa shape index (κ1) is 12.4. The van der Waals surface area contributed by atoms with Crippen molar-refractivity contribution in [2.24, 2.45) is 5.73 Å². The van der Waals surface area contributed by atoms with Gasteiger partial charge in [-0.25, -0.2) is 4.98 Å². The Morgan fingerprint density at radius 2 is 2.24 bits per heavy atom. The van der Waals surface area contributed by atoms with E-state index in [1.54, 1.807) is 0 Å². The van der Waals surface area contributed by atoms with Gasteiger partial charge in [0.25, 0.3) is 0 Å². The molecule has 0 radical (unpaired) electrons. The van der Waals surface area contributed by atoms with Crippen molar-refractivity contribution >= 4 is 22.6 Å². The van der Waals surface area contributed by atoms with Crippen molar-refractivity contribution in [1.82, 2.24) is 9.55 Å². The molecule has 0 aliphatic rings. The highest BCUT2D eigenvalue weighted by atomic mass is 35.5. The minimum absolute atomic E-state index is 0.255. The summed E-state index contributed by atoms with van der Waals surface area (Å²) in [4.78, 5) is 4.66. The van der Waals surface area contributed by atoms with Gasteiger partial charge < -0.3 is 10.3 Å². The van der Waals surface area contributed by atoms with E-state index in [2.05, 4.69) is 23.4 Å². The molecule has 2 aromatic rings. The molecule has 1 unspecified atom stereocenters. The van der Waals surface area contributed by atoms with Gasteiger partial charge in [0.1, 0.15) is 5.82 Å². The Hall–Kier alpha value is -1.06. The number of nitrogens with two attached hydrogens (primary N) is 1. The van der Waals surface area contributed by atoms with Gasteiger partial charge in [-0.3, -0.25) is 0 Å². The topological polar surface area (TPSA) is 43.8 Å². The van der Waals surface area contributed by atoms with Gasteiger partial charge in [0.2, 0.25) is 0 Å². The second kappa shape index (κ2) is 5.07. The molecule has 0 fully saturated rings. The van der Waals surface area contributed by atoms with Gasteiger partial charge in [-0.2, -0.15) is 0 Å². The summed E-state index contributed by atoms with van der Waals surface area (Å²) in [6.45, 7) is 5.78. The first-order valence-corrected chi connectivity index (χ1v) is 6.41. The van der Waals surface area contributed by atoms with Gasteiger partial charge in [0.15, 0.2) is 0 Å². The zero-order valence-electron chi connectivity index (χ0n) is 10.3. The molecule has 1 heterocycles. The number of nitrogens with zero attached hydrogens (tertiary/aromatic N) is 2. The Labute approximate surface area is 107 Å². The average Bonchev–Trinajstić information content (AvgIpc) is 2.69. The van der Waals surface area contributed by atoms with Crippen LogP contribution in [-0.2, 0) is 6.54 Å². The van der Waals surface area contributed by atoms with Crippen molar-refractivity contribution in [3.8, 4) is 0 Å². The summed E-state index contributed by atoms with van der Waals surface area (Å²) in [7, 11) is 0. The molecule has 0 aliphatic carbocycles. The third-order valence-electron chi connectivity index (χ3n) is 2.99. The van der Waals surface area contributed by atoms with Gasteiger partial charge in [-0.1, -0.05) is 31.5 Å². The third kappa shape index (κ3) is 2.17. The summed E-state index contributed by atoms with van der Waals surface area (Å²) in [5.74, 6) is 1.29. The highest BCUT2D eigenvalue weighted by Gasteiger charge is 2.16. The first-order chi connectivity index (χ1) is 8.19. The molecular formula is C13H18ClN3. The van der Waals surface area contributed by atoms with Crippen LogP contribution in [0, 0.1) is 0 Å². The van der Waals surface area contributed by atoms with Crippen LogP contribution >= 0.6 is 11.6 Å². The van der Waals surface area contributed by atoms with Crippen LogP contribution < -0.4 is 5.73 Å². The summed E-state index contributed by atoms with van der Waals surface area (Å²) < 4.78 is 2.20. The van der Waals surface area contributed by atoms with Crippen molar-refractivity contribution in [3.05, 3.63) is 29.0 Å². The van der Waals surface area contributed by atoms with Crippen LogP contribution in [0.15, 0.2) is 18.2 Å². The van der Waals surface area contributed by atoms with E-state index in [0.29, 0.717) is 6.54 Å². The number of rotatable bonds is 4. The molecule has 0 aliphatic heterocycles. The molecule has 1 atom stereocenters. The molecule has 0 bridgehead atoms. The quantitative estimate of drug-likeness (QED) is 0.907. The van der Waals surface area contributed by atoms with E-state index in [1.807, 2.05) is 18.2 Å². The predicted octanol–water partition coefficient (Wildman–Crippen LogP) is 3.16. The van der Waals surface area contributed by atoms with Crippen LogP contribution in [0.5, 0.6) is 0 Å². The SMILES string of the molecule is CCCn1c(C(C)CN)nc2cccc(Cl)c21. The van der Waals surface area contributed by atoms with E-state index in [0.717, 1.165) is 34.8 Å². The molecule has 0 spiro atoms. The Bertz CT molecular complexity index is 519. The summed E-state index contributed by atoms with van der Waals surface area (Å²) in [6, 6.07) is 5.85. The first-order valence-electron chi connectivity index (χ1n) is 6.03. The highest BCUT2D eigenvalue weighted by Crippen LogP contribution is 2.27. The summed E-state index contributed by atoms with van der Waals surface area (Å²) in [6.07, 6.45) is 1.06. The number of para-hydroxylation sites is 1. The van der Waals surface area contributed by atoms with Gasteiger partial charge in [0, 0.05) is 19.0 Å². The molecule has 2 rings (SSSR count). The van der Waals surface area contributed by atoms with E-state index < -0.39 is 0 Å². The molecule has 0 saturated heterocycles. The van der Waals surface area contributed by atoms with Crippen molar-refractivity contribution in [2.45, 2.75) is 32.7 Å². The van der Waals surface area contributed by atoms with Crippen LogP contribution in [0.3, 0.4) is 0 Å². The van der Waals surface area contributed by atoms with E-state index in [-0.39, 0.29) is 5.92 Å². The molecule has 4 heteroatoms. The second-order valence-corrected chi connectivity index (χ2v) is 4.77. The zero-order valence-corrected chi connectivity index (χ0v) is 11.0. The Kier molecular flexibility index (Phi) is 3.69. The fourth-order valence-corrected chi connectivity index (χ4v) is 2.36. The number of fused-ring (bicyclic) bond motifs is 1. The lowest BCUT2D eigenvalue weighted by Crippen LogP contribution is -2.15. The molecule has 3 nitrogen and oxygen atoms in total. The van der Waals surface area contributed by atoms with Crippen LogP contribution in [-0.4, -0.2) is 16.1 Å². The highest BCUT2D eigenvalue weighted by molar-refractivity contribution is 6.35. The molecule has 0 saturated carbocycles. The van der Waals surface area contributed by atoms with Crippen molar-refractivity contribution in [3.63, 3.8) is 0 Å². The zero-order chi connectivity index (χ0) is 12.4. The standard InChI is InChI=1S/C13H18ClN3/c1-3-7-17-12-10(14)5-4-6-11(12)16-13(17)9(2)8-15/h4-6,9H,3,7-8,15H2,1-2H3. The minimum Gasteiger partial charge on any atom is -0.330 e. The lowest BCUT2D eigenvalue weighted by molar-refractivity contribution is 0.606. The van der Waals surface area contributed by atoms with Crippen LogP contribution in [0.25, 0.3) is 11.0 Å². The molecular weight excluding hydrogens is 234 g/mol. The maximum absolute atomic E-state index is 6.27. The number of aryl methyl sites for hydroxylation is 1. The number of benzene rings is 1. The molecule has 92 valence electrons. The van der Waals surface area contributed by atoms with Crippen molar-refractivity contribution in [1.29, 1.82) is 0 Å². The Morgan fingerprint density at radius 3 is 2.88 bits per heavy atom. The number of halogens is 1. The van der Waals surface area contributed by atoms with E-state index in [4.69, 9.17) is 17.3 Å². The number of hydrogen-bond donors (Lipinski definition) is 1. The fourth-order valence-electron chi connectivity index (χ4n) is 2.09. The van der Waals surface area contributed by atoms with Gasteiger partial charge >= 0.3 is 0 Å². The van der Waals surface area contributed by atoms with Crippen LogP contribution in [0.1, 0.15) is 32.0 Å². The number of aromatic nitrogens is 2. The van der Waals surface area contributed by atoms with E-state index in [1.165, 1.54) is 0 Å². The molecule has 17 heavy (non-hydrogen) atoms. The lowest BCUT2D eigenvalue weighted by atomic mass is 10.1. The van der Waals surface area contributed by atoms with Crippen molar-refractivity contribution in [2.75, 3.05) is 6.54 Å². The fraction of sp³-hybridized carbons (Fsp3) is 0.462. The summed E-state index contributed by atoms with van der Waals surface area (Å²) >= 11 is 6.27. The molecule has 0 amide bonds. The smallest absolute Gasteiger partial charge is 0.114 e. The second-order valence-electron chi connectivity index (χ2n) is 4.37.